The molecule has 1 atom stereocenters. The highest BCUT2D eigenvalue weighted by atomic mass is 19.1. The van der Waals surface area contributed by atoms with E-state index in [0.717, 1.165) is 25.5 Å². The van der Waals surface area contributed by atoms with Crippen molar-refractivity contribution in [1.82, 2.24) is 5.32 Å². The Morgan fingerprint density at radius 2 is 1.89 bits per heavy atom. The number of halogens is 2. The van der Waals surface area contributed by atoms with Gasteiger partial charge in [0.25, 0.3) is 0 Å². The Labute approximate surface area is 115 Å². The molecule has 1 unspecified atom stereocenters. The van der Waals surface area contributed by atoms with E-state index >= 15 is 0 Å². The molecule has 108 valence electrons. The lowest BCUT2D eigenvalue weighted by molar-refractivity contribution is 0.229. The maximum Gasteiger partial charge on any atom is 0.126 e. The molecule has 19 heavy (non-hydrogen) atoms. The van der Waals surface area contributed by atoms with E-state index < -0.39 is 0 Å². The zero-order chi connectivity index (χ0) is 14.5. The Bertz CT molecular complexity index is 402. The van der Waals surface area contributed by atoms with Gasteiger partial charge in [-0.25, -0.2) is 8.78 Å². The van der Waals surface area contributed by atoms with Crippen molar-refractivity contribution in [1.29, 1.82) is 0 Å². The van der Waals surface area contributed by atoms with Crippen LogP contribution in [0.25, 0.3) is 0 Å². The van der Waals surface area contributed by atoms with Gasteiger partial charge in [-0.3, -0.25) is 0 Å². The highest BCUT2D eigenvalue weighted by molar-refractivity contribution is 5.20. The quantitative estimate of drug-likeness (QED) is 0.777. The van der Waals surface area contributed by atoms with Crippen LogP contribution >= 0.6 is 0 Å². The summed E-state index contributed by atoms with van der Waals surface area (Å²) in [5.41, 5.74) is 0.503. The molecule has 3 heteroatoms. The van der Waals surface area contributed by atoms with E-state index in [-0.39, 0.29) is 23.1 Å². The van der Waals surface area contributed by atoms with E-state index in [1.165, 1.54) is 12.1 Å². The fourth-order valence-corrected chi connectivity index (χ4v) is 2.11. The topological polar surface area (TPSA) is 12.0 Å². The fourth-order valence-electron chi connectivity index (χ4n) is 2.11. The van der Waals surface area contributed by atoms with E-state index in [2.05, 4.69) is 33.0 Å². The summed E-state index contributed by atoms with van der Waals surface area (Å²) in [7, 11) is 0. The molecule has 1 nitrogen and oxygen atoms in total. The normalized spacial score (nSPS) is 13.6. The zero-order valence-electron chi connectivity index (χ0n) is 12.4. The maximum absolute atomic E-state index is 13.7. The van der Waals surface area contributed by atoms with Gasteiger partial charge in [-0.1, -0.05) is 27.7 Å². The van der Waals surface area contributed by atoms with Gasteiger partial charge in [-0.15, -0.1) is 0 Å². The summed E-state index contributed by atoms with van der Waals surface area (Å²) in [4.78, 5) is 0. The monoisotopic (exact) mass is 269 g/mol. The van der Waals surface area contributed by atoms with Crippen LogP contribution in [0.1, 0.15) is 46.1 Å². The molecule has 0 aliphatic heterocycles. The van der Waals surface area contributed by atoms with Gasteiger partial charge in [0.1, 0.15) is 11.6 Å². The number of nitrogens with one attached hydrogen (secondary N) is 1. The average molecular weight is 269 g/mol. The predicted octanol–water partition coefficient (Wildman–Crippen LogP) is 4.31. The van der Waals surface area contributed by atoms with Crippen LogP contribution in [0, 0.1) is 17.0 Å². The molecular formula is C16H25F2N. The number of hydrogen-bond donors (Lipinski definition) is 1. The maximum atomic E-state index is 13.7. The lowest BCUT2D eigenvalue weighted by Crippen LogP contribution is -2.43. The molecule has 1 aromatic rings. The zero-order valence-corrected chi connectivity index (χ0v) is 12.4. The second-order valence-electron chi connectivity index (χ2n) is 5.79. The van der Waals surface area contributed by atoms with Crippen molar-refractivity contribution in [2.45, 2.75) is 53.0 Å². The molecule has 1 N–H and O–H groups in total. The third-order valence-electron chi connectivity index (χ3n) is 3.93. The van der Waals surface area contributed by atoms with Gasteiger partial charge in [0.15, 0.2) is 0 Å². The standard InChI is InChI=1S/C16H25F2N/c1-5-9-19-15(16(3,4)6-2)11-12-10-13(17)7-8-14(12)18/h7-8,10,15,19H,5-6,9,11H2,1-4H3. The summed E-state index contributed by atoms with van der Waals surface area (Å²) < 4.78 is 27.0. The minimum atomic E-state index is -0.375. The van der Waals surface area contributed by atoms with Crippen LogP contribution in [-0.2, 0) is 6.42 Å². The number of hydrogen-bond acceptors (Lipinski definition) is 1. The molecule has 0 aliphatic rings. The van der Waals surface area contributed by atoms with Crippen LogP contribution in [0.3, 0.4) is 0 Å². The molecule has 0 fully saturated rings. The van der Waals surface area contributed by atoms with Crippen molar-refractivity contribution in [3.05, 3.63) is 35.4 Å². The summed E-state index contributed by atoms with van der Waals surface area (Å²) in [6.07, 6.45) is 2.54. The molecule has 0 amide bonds. The molecular weight excluding hydrogens is 244 g/mol. The first kappa shape index (κ1) is 16.1. The lowest BCUT2D eigenvalue weighted by Gasteiger charge is -2.34. The molecule has 0 spiro atoms. The van der Waals surface area contributed by atoms with E-state index in [4.69, 9.17) is 0 Å². The average Bonchev–Trinajstić information content (AvgIpc) is 2.38. The van der Waals surface area contributed by atoms with Crippen LogP contribution in [0.5, 0.6) is 0 Å². The van der Waals surface area contributed by atoms with Crippen molar-refractivity contribution in [2.24, 2.45) is 5.41 Å². The molecule has 0 bridgehead atoms. The SMILES string of the molecule is CCCNC(Cc1cc(F)ccc1F)C(C)(C)CC. The lowest BCUT2D eigenvalue weighted by atomic mass is 9.79. The number of benzene rings is 1. The van der Waals surface area contributed by atoms with E-state index in [0.29, 0.717) is 12.0 Å². The van der Waals surface area contributed by atoms with Gasteiger partial charge in [0.2, 0.25) is 0 Å². The Morgan fingerprint density at radius 3 is 2.47 bits per heavy atom. The minimum absolute atomic E-state index is 0.0495. The second kappa shape index (κ2) is 6.99. The van der Waals surface area contributed by atoms with Crippen LogP contribution in [0.4, 0.5) is 8.78 Å². The number of rotatable bonds is 7. The van der Waals surface area contributed by atoms with Gasteiger partial charge < -0.3 is 5.32 Å². The largest absolute Gasteiger partial charge is 0.313 e. The smallest absolute Gasteiger partial charge is 0.126 e. The van der Waals surface area contributed by atoms with Crippen LogP contribution in [0.15, 0.2) is 18.2 Å². The van der Waals surface area contributed by atoms with Crippen molar-refractivity contribution in [2.75, 3.05) is 6.54 Å². The first-order valence-corrected chi connectivity index (χ1v) is 7.08. The molecule has 0 radical (unpaired) electrons. The highest BCUT2D eigenvalue weighted by Gasteiger charge is 2.28. The van der Waals surface area contributed by atoms with Crippen molar-refractivity contribution in [3.8, 4) is 0 Å². The summed E-state index contributed by atoms with van der Waals surface area (Å²) in [5.74, 6) is -0.698. The summed E-state index contributed by atoms with van der Waals surface area (Å²) in [5, 5.41) is 3.47. The first-order chi connectivity index (χ1) is 8.90. The van der Waals surface area contributed by atoms with Gasteiger partial charge in [-0.2, -0.15) is 0 Å². The van der Waals surface area contributed by atoms with Gasteiger partial charge in [0, 0.05) is 6.04 Å². The van der Waals surface area contributed by atoms with Crippen molar-refractivity contribution >= 4 is 0 Å². The third-order valence-corrected chi connectivity index (χ3v) is 3.93. The molecule has 0 aliphatic carbocycles. The predicted molar refractivity (Wildman–Crippen MR) is 76.2 cm³/mol. The molecule has 1 rings (SSSR count). The van der Waals surface area contributed by atoms with Crippen LogP contribution in [0.2, 0.25) is 0 Å². The summed E-state index contributed by atoms with van der Waals surface area (Å²) >= 11 is 0. The minimum Gasteiger partial charge on any atom is -0.313 e. The van der Waals surface area contributed by atoms with Gasteiger partial charge >= 0.3 is 0 Å². The van der Waals surface area contributed by atoms with Gasteiger partial charge in [0.05, 0.1) is 0 Å². The van der Waals surface area contributed by atoms with Gasteiger partial charge in [-0.05, 0) is 55.0 Å². The molecule has 0 saturated heterocycles. The summed E-state index contributed by atoms with van der Waals surface area (Å²) in [6, 6.07) is 3.83. The Morgan fingerprint density at radius 1 is 1.21 bits per heavy atom. The van der Waals surface area contributed by atoms with E-state index in [1.807, 2.05) is 0 Å². The van der Waals surface area contributed by atoms with Crippen LogP contribution < -0.4 is 5.32 Å². The second-order valence-corrected chi connectivity index (χ2v) is 5.79. The third kappa shape index (κ3) is 4.57. The van der Waals surface area contributed by atoms with E-state index in [9.17, 15) is 8.78 Å². The summed E-state index contributed by atoms with van der Waals surface area (Å²) in [6.45, 7) is 9.45. The van der Waals surface area contributed by atoms with E-state index in [1.54, 1.807) is 0 Å². The van der Waals surface area contributed by atoms with Crippen molar-refractivity contribution < 1.29 is 8.78 Å². The highest BCUT2D eigenvalue weighted by Crippen LogP contribution is 2.28. The molecule has 0 saturated carbocycles. The Balaban J connectivity index is 2.90. The Kier molecular flexibility index (Phi) is 5.92. The van der Waals surface area contributed by atoms with Crippen LogP contribution in [-0.4, -0.2) is 12.6 Å². The fraction of sp³-hybridized carbons (Fsp3) is 0.625. The Hall–Kier alpha value is -0.960. The first-order valence-electron chi connectivity index (χ1n) is 7.08. The molecule has 1 aromatic carbocycles. The molecule has 0 aromatic heterocycles. The van der Waals surface area contributed by atoms with Crippen molar-refractivity contribution in [3.63, 3.8) is 0 Å². The molecule has 0 heterocycles.